The number of hydrogen-bond donors (Lipinski definition) is 1. The molecule has 5 heavy (non-hydrogen) atoms. The van der Waals surface area contributed by atoms with Gasteiger partial charge in [0.15, 0.2) is 0 Å². The average Bonchev–Trinajstić information content (AvgIpc) is 0.811. The monoisotopic (exact) mass is 240 g/mol. The fourth-order valence-electron chi connectivity index (χ4n) is 0. The van der Waals surface area contributed by atoms with Crippen molar-refractivity contribution < 1.29 is 51.9 Å². The second-order valence-electron chi connectivity index (χ2n) is 0.217. The summed E-state index contributed by atoms with van der Waals surface area (Å²) in [6, 6.07) is 0. The van der Waals surface area contributed by atoms with Crippen molar-refractivity contribution in [2.75, 3.05) is 0 Å². The Labute approximate surface area is 62.7 Å². The molecule has 1 unspecified atom stereocenters. The van der Waals surface area contributed by atoms with Crippen molar-refractivity contribution in [3.05, 3.63) is 0 Å². The van der Waals surface area contributed by atoms with Gasteiger partial charge in [-0.1, -0.05) is 0 Å². The molecule has 0 aromatic rings. The van der Waals surface area contributed by atoms with Crippen molar-refractivity contribution in [1.82, 2.24) is 0 Å². The maximum atomic E-state index is 8.56. The fraction of sp³-hybridized carbons (Fsp3) is 0. The summed E-state index contributed by atoms with van der Waals surface area (Å²) in [4.78, 5) is 0. The Kier molecular flexibility index (Phi) is 10.3. The van der Waals surface area contributed by atoms with Crippen LogP contribution in [0.5, 0.6) is 0 Å². The normalized spacial score (nSPS) is 12.4. The minimum atomic E-state index is -2.86. The zero-order chi connectivity index (χ0) is 3.58. The molecule has 0 aliphatic carbocycles. The van der Waals surface area contributed by atoms with Crippen LogP contribution in [-0.4, -0.2) is 13.3 Å². The van der Waals surface area contributed by atoms with Gasteiger partial charge in [-0.3, -0.25) is 0 Å². The molecular formula is HO3STb-. The smallest absolute Gasteiger partial charge is 0.0814 e. The summed E-state index contributed by atoms with van der Waals surface area (Å²) >= 11 is -2.86. The Bertz CT molecular complexity index is 29.9. The predicted molar refractivity (Wildman–Crippen MR) is 11.5 cm³/mol. The van der Waals surface area contributed by atoms with Crippen molar-refractivity contribution in [2.45, 2.75) is 0 Å². The van der Waals surface area contributed by atoms with Gasteiger partial charge in [0, 0.05) is 38.6 Å². The summed E-state index contributed by atoms with van der Waals surface area (Å²) < 4.78 is 24.1. The zero-order valence-electron chi connectivity index (χ0n) is 2.01. The van der Waals surface area contributed by atoms with Crippen LogP contribution in [0.2, 0.25) is 0 Å². The molecule has 1 atom stereocenters. The summed E-state index contributed by atoms with van der Waals surface area (Å²) in [6.07, 6.45) is 0. The van der Waals surface area contributed by atoms with Crippen LogP contribution in [0.25, 0.3) is 0 Å². The van der Waals surface area contributed by atoms with Crippen LogP contribution in [0.1, 0.15) is 0 Å². The van der Waals surface area contributed by atoms with E-state index in [9.17, 15) is 0 Å². The van der Waals surface area contributed by atoms with Gasteiger partial charge >= 0.3 is 0 Å². The topological polar surface area (TPSA) is 60.4 Å². The minimum Gasteiger partial charge on any atom is -0.750 e. The van der Waals surface area contributed by atoms with E-state index < -0.39 is 11.4 Å². The Balaban J connectivity index is 0. The summed E-state index contributed by atoms with van der Waals surface area (Å²) in [6.45, 7) is 0. The summed E-state index contributed by atoms with van der Waals surface area (Å²) in [5.41, 5.74) is 0. The van der Waals surface area contributed by atoms with Crippen LogP contribution < -0.4 is 0 Å². The van der Waals surface area contributed by atoms with Crippen molar-refractivity contribution in [1.29, 1.82) is 0 Å². The molecule has 0 saturated carbocycles. The third-order valence-electron chi connectivity index (χ3n) is 0. The Morgan fingerprint density at radius 3 is 1.80 bits per heavy atom. The van der Waals surface area contributed by atoms with Gasteiger partial charge in [-0.2, -0.15) is 0 Å². The van der Waals surface area contributed by atoms with E-state index in [4.69, 9.17) is 13.3 Å². The molecule has 0 spiro atoms. The van der Waals surface area contributed by atoms with Crippen molar-refractivity contribution in [3.63, 3.8) is 0 Å². The van der Waals surface area contributed by atoms with Gasteiger partial charge in [0.25, 0.3) is 0 Å². The Hall–Kier alpha value is 1.36. The van der Waals surface area contributed by atoms with Gasteiger partial charge in [0.2, 0.25) is 0 Å². The minimum absolute atomic E-state index is 0. The van der Waals surface area contributed by atoms with E-state index in [2.05, 4.69) is 0 Å². The summed E-state index contributed by atoms with van der Waals surface area (Å²) in [7, 11) is 0. The van der Waals surface area contributed by atoms with Gasteiger partial charge < -0.3 is 9.11 Å². The Morgan fingerprint density at radius 1 is 1.80 bits per heavy atom. The molecule has 0 aromatic carbocycles. The SMILES string of the molecule is O=S([O-])O.[Tb]. The van der Waals surface area contributed by atoms with Crippen LogP contribution in [-0.2, 0) is 11.4 Å². The van der Waals surface area contributed by atoms with E-state index in [-0.39, 0.29) is 38.6 Å². The van der Waals surface area contributed by atoms with Crippen molar-refractivity contribution in [2.24, 2.45) is 0 Å². The van der Waals surface area contributed by atoms with Crippen LogP contribution in [0, 0.1) is 38.6 Å². The van der Waals surface area contributed by atoms with Gasteiger partial charge in [0.1, 0.15) is 0 Å². The molecule has 0 rings (SSSR count). The molecule has 0 fully saturated rings. The van der Waals surface area contributed by atoms with E-state index in [0.29, 0.717) is 0 Å². The fourth-order valence-corrected chi connectivity index (χ4v) is 0. The van der Waals surface area contributed by atoms with E-state index in [1.165, 1.54) is 0 Å². The van der Waals surface area contributed by atoms with Crippen molar-refractivity contribution >= 4 is 11.4 Å². The zero-order valence-corrected chi connectivity index (χ0v) is 4.96. The quantitative estimate of drug-likeness (QED) is 0.571. The van der Waals surface area contributed by atoms with Gasteiger partial charge in [-0.25, -0.2) is 4.21 Å². The molecule has 1 radical (unpaired) electrons. The first-order valence-electron chi connectivity index (χ1n) is 0.516. The molecule has 35 valence electrons. The van der Waals surface area contributed by atoms with E-state index in [1.807, 2.05) is 0 Å². The van der Waals surface area contributed by atoms with Crippen LogP contribution >= 0.6 is 0 Å². The number of hydrogen-bond acceptors (Lipinski definition) is 2. The first kappa shape index (κ1) is 9.61. The predicted octanol–water partition coefficient (Wildman–Crippen LogP) is -0.661. The van der Waals surface area contributed by atoms with E-state index in [0.717, 1.165) is 0 Å². The molecular weight excluding hydrogens is 239 g/mol. The molecule has 0 saturated heterocycles. The molecule has 0 heterocycles. The standard InChI is InChI=1S/H2O3S.Tb/c1-4(2)3;/h(H2,1,2,3);/p-1. The van der Waals surface area contributed by atoms with Crippen molar-refractivity contribution in [3.8, 4) is 0 Å². The molecule has 5 heteroatoms. The number of rotatable bonds is 0. The summed E-state index contributed by atoms with van der Waals surface area (Å²) in [5.74, 6) is 0. The third kappa shape index (κ3) is 32.8. The second kappa shape index (κ2) is 5.36. The van der Waals surface area contributed by atoms with Gasteiger partial charge in [-0.05, 0) is 0 Å². The maximum absolute atomic E-state index is 8.56. The molecule has 0 aromatic heterocycles. The second-order valence-corrected chi connectivity index (χ2v) is 0.651. The largest absolute Gasteiger partial charge is 0.750 e. The van der Waals surface area contributed by atoms with E-state index >= 15 is 0 Å². The first-order valence-corrected chi connectivity index (χ1v) is 1.55. The first-order chi connectivity index (χ1) is 1.73. The average molecular weight is 240 g/mol. The molecule has 0 aliphatic rings. The molecule has 0 amide bonds. The van der Waals surface area contributed by atoms with Gasteiger partial charge in [0.05, 0.1) is 11.4 Å². The van der Waals surface area contributed by atoms with Gasteiger partial charge in [-0.15, -0.1) is 0 Å². The molecule has 1 N–H and O–H groups in total. The van der Waals surface area contributed by atoms with Crippen LogP contribution in [0.4, 0.5) is 0 Å². The molecule has 3 nitrogen and oxygen atoms in total. The molecule has 0 bridgehead atoms. The third-order valence-corrected chi connectivity index (χ3v) is 0. The van der Waals surface area contributed by atoms with Crippen LogP contribution in [0.3, 0.4) is 0 Å². The Morgan fingerprint density at radius 2 is 1.80 bits per heavy atom. The van der Waals surface area contributed by atoms with E-state index in [1.54, 1.807) is 0 Å². The maximum Gasteiger partial charge on any atom is 0.0814 e. The van der Waals surface area contributed by atoms with Crippen LogP contribution in [0.15, 0.2) is 0 Å². The summed E-state index contributed by atoms with van der Waals surface area (Å²) in [5, 5.41) is 0. The molecule has 0 aliphatic heterocycles.